The number of cyclic esters (lactones) is 1. The number of primary amides is 2. The third-order valence-corrected chi connectivity index (χ3v) is 4.17. The van der Waals surface area contributed by atoms with Crippen LogP contribution in [-0.4, -0.2) is 35.5 Å². The van der Waals surface area contributed by atoms with Gasteiger partial charge in [-0.3, -0.25) is 19.5 Å². The van der Waals surface area contributed by atoms with Crippen LogP contribution in [-0.2, 0) is 9.53 Å². The van der Waals surface area contributed by atoms with Crippen LogP contribution in [0.5, 0.6) is 0 Å². The van der Waals surface area contributed by atoms with Crippen molar-refractivity contribution in [3.63, 3.8) is 0 Å². The van der Waals surface area contributed by atoms with Crippen molar-refractivity contribution >= 4 is 23.6 Å². The second kappa shape index (κ2) is 7.40. The molecule has 2 heterocycles. The number of rotatable bonds is 6. The molecule has 140 valence electrons. The van der Waals surface area contributed by atoms with Crippen molar-refractivity contribution in [3.8, 4) is 11.1 Å². The summed E-state index contributed by atoms with van der Waals surface area (Å²) in [5.74, 6) is -1.77. The molecule has 0 bridgehead atoms. The zero-order valence-corrected chi connectivity index (χ0v) is 14.2. The van der Waals surface area contributed by atoms with Crippen molar-refractivity contribution in [3.05, 3.63) is 48.0 Å². The first-order valence-corrected chi connectivity index (χ1v) is 8.17. The predicted octanol–water partition coefficient (Wildman–Crippen LogP) is 1.58. The molecular formula is C18H17FN4O4. The largest absolute Gasteiger partial charge is 0.444 e. The van der Waals surface area contributed by atoms with Gasteiger partial charge in [0.15, 0.2) is 0 Å². The summed E-state index contributed by atoms with van der Waals surface area (Å²) in [6, 6.07) is 7.21. The maximum absolute atomic E-state index is 14.6. The van der Waals surface area contributed by atoms with Crippen LogP contribution in [0.15, 0.2) is 36.5 Å². The Bertz CT molecular complexity index is 918. The molecule has 8 nitrogen and oxygen atoms in total. The number of nitrogens with two attached hydrogens (primary N) is 2. The second-order valence-corrected chi connectivity index (χ2v) is 6.08. The van der Waals surface area contributed by atoms with Crippen LogP contribution >= 0.6 is 0 Å². The Balaban J connectivity index is 1.81. The number of amides is 3. The van der Waals surface area contributed by atoms with Gasteiger partial charge in [-0.2, -0.15) is 0 Å². The smallest absolute Gasteiger partial charge is 0.414 e. The lowest BCUT2D eigenvalue weighted by atomic mass is 10.0. The molecule has 0 radical (unpaired) electrons. The fourth-order valence-electron chi connectivity index (χ4n) is 2.82. The SMILES string of the molecule is NC(=O)CCC1CN(c2ccc(-c3ccnc(C(N)=O)c3)c(F)c2)C(=O)O1. The van der Waals surface area contributed by atoms with Crippen molar-refractivity contribution in [2.45, 2.75) is 18.9 Å². The maximum atomic E-state index is 14.6. The molecule has 2 aromatic rings. The number of pyridine rings is 1. The van der Waals surface area contributed by atoms with Crippen molar-refractivity contribution in [2.75, 3.05) is 11.4 Å². The van der Waals surface area contributed by atoms with E-state index < -0.39 is 29.8 Å². The number of hydrogen-bond acceptors (Lipinski definition) is 5. The highest BCUT2D eigenvalue weighted by atomic mass is 19.1. The lowest BCUT2D eigenvalue weighted by Crippen LogP contribution is -2.25. The fourth-order valence-corrected chi connectivity index (χ4v) is 2.82. The zero-order valence-electron chi connectivity index (χ0n) is 14.2. The van der Waals surface area contributed by atoms with Gasteiger partial charge in [-0.05, 0) is 42.3 Å². The molecule has 1 aromatic carbocycles. The summed E-state index contributed by atoms with van der Waals surface area (Å²) in [5.41, 5.74) is 11.3. The van der Waals surface area contributed by atoms with E-state index in [-0.39, 0.29) is 24.2 Å². The monoisotopic (exact) mass is 372 g/mol. The van der Waals surface area contributed by atoms with Crippen LogP contribution in [0, 0.1) is 5.82 Å². The quantitative estimate of drug-likeness (QED) is 0.795. The number of carbonyl (C=O) groups excluding carboxylic acids is 3. The lowest BCUT2D eigenvalue weighted by Gasteiger charge is -2.14. The minimum atomic E-state index is -0.712. The Kier molecular flexibility index (Phi) is 5.02. The van der Waals surface area contributed by atoms with Gasteiger partial charge < -0.3 is 16.2 Å². The first kappa shape index (κ1) is 18.3. The molecule has 1 fully saturated rings. The minimum absolute atomic E-state index is 0.0244. The van der Waals surface area contributed by atoms with Crippen LogP contribution in [0.3, 0.4) is 0 Å². The minimum Gasteiger partial charge on any atom is -0.444 e. The van der Waals surface area contributed by atoms with E-state index in [1.165, 1.54) is 29.3 Å². The topological polar surface area (TPSA) is 129 Å². The number of halogens is 1. The van der Waals surface area contributed by atoms with E-state index in [9.17, 15) is 18.8 Å². The van der Waals surface area contributed by atoms with E-state index in [4.69, 9.17) is 16.2 Å². The zero-order chi connectivity index (χ0) is 19.6. The van der Waals surface area contributed by atoms with Gasteiger partial charge in [-0.25, -0.2) is 9.18 Å². The number of benzene rings is 1. The highest BCUT2D eigenvalue weighted by Gasteiger charge is 2.32. The molecule has 0 aliphatic carbocycles. The van der Waals surface area contributed by atoms with Crippen LogP contribution in [0.2, 0.25) is 0 Å². The summed E-state index contributed by atoms with van der Waals surface area (Å²) >= 11 is 0. The number of aromatic nitrogens is 1. The number of anilines is 1. The number of hydrogen-bond donors (Lipinski definition) is 2. The van der Waals surface area contributed by atoms with E-state index in [2.05, 4.69) is 4.98 Å². The summed E-state index contributed by atoms with van der Waals surface area (Å²) < 4.78 is 19.8. The Labute approximate surface area is 153 Å². The normalized spacial score (nSPS) is 16.3. The molecule has 1 aliphatic rings. The molecule has 1 unspecified atom stereocenters. The summed E-state index contributed by atoms with van der Waals surface area (Å²) in [5, 5.41) is 0. The number of carbonyl (C=O) groups is 3. The molecule has 0 spiro atoms. The molecule has 1 saturated heterocycles. The number of ether oxygens (including phenoxy) is 1. The first-order valence-electron chi connectivity index (χ1n) is 8.17. The van der Waals surface area contributed by atoms with E-state index in [0.717, 1.165) is 0 Å². The van der Waals surface area contributed by atoms with Crippen LogP contribution in [0.25, 0.3) is 11.1 Å². The van der Waals surface area contributed by atoms with Gasteiger partial charge >= 0.3 is 6.09 Å². The molecular weight excluding hydrogens is 355 g/mol. The fraction of sp³-hybridized carbons (Fsp3) is 0.222. The molecule has 3 amide bonds. The molecule has 9 heteroatoms. The molecule has 4 N–H and O–H groups in total. The predicted molar refractivity (Wildman–Crippen MR) is 94.2 cm³/mol. The molecule has 0 saturated carbocycles. The Morgan fingerprint density at radius 2 is 2.04 bits per heavy atom. The number of nitrogens with zero attached hydrogens (tertiary/aromatic N) is 2. The van der Waals surface area contributed by atoms with Crippen LogP contribution in [0.1, 0.15) is 23.3 Å². The van der Waals surface area contributed by atoms with E-state index >= 15 is 0 Å². The summed E-state index contributed by atoms with van der Waals surface area (Å²) in [4.78, 5) is 39.2. The van der Waals surface area contributed by atoms with Gasteiger partial charge in [0.05, 0.1) is 12.2 Å². The van der Waals surface area contributed by atoms with E-state index in [0.29, 0.717) is 17.7 Å². The van der Waals surface area contributed by atoms with E-state index in [1.807, 2.05) is 0 Å². The van der Waals surface area contributed by atoms with Crippen LogP contribution in [0.4, 0.5) is 14.9 Å². The highest BCUT2D eigenvalue weighted by molar-refractivity contribution is 5.92. The van der Waals surface area contributed by atoms with Gasteiger partial charge in [0.1, 0.15) is 17.6 Å². The van der Waals surface area contributed by atoms with Crippen molar-refractivity contribution in [1.29, 1.82) is 0 Å². The third kappa shape index (κ3) is 4.02. The highest BCUT2D eigenvalue weighted by Crippen LogP contribution is 2.29. The molecule has 1 aliphatic heterocycles. The summed E-state index contributed by atoms with van der Waals surface area (Å²) in [7, 11) is 0. The molecule has 1 atom stereocenters. The Morgan fingerprint density at radius 1 is 1.26 bits per heavy atom. The van der Waals surface area contributed by atoms with Gasteiger partial charge in [-0.15, -0.1) is 0 Å². The van der Waals surface area contributed by atoms with Gasteiger partial charge in [0, 0.05) is 18.2 Å². The molecule has 1 aromatic heterocycles. The lowest BCUT2D eigenvalue weighted by molar-refractivity contribution is -0.118. The third-order valence-electron chi connectivity index (χ3n) is 4.17. The van der Waals surface area contributed by atoms with Crippen molar-refractivity contribution in [1.82, 2.24) is 4.98 Å². The first-order chi connectivity index (χ1) is 12.8. The molecule has 3 rings (SSSR count). The van der Waals surface area contributed by atoms with Gasteiger partial charge in [0.2, 0.25) is 5.91 Å². The average molecular weight is 372 g/mol. The summed E-state index contributed by atoms with van der Waals surface area (Å²) in [6.45, 7) is 0.200. The van der Waals surface area contributed by atoms with Gasteiger partial charge in [0.25, 0.3) is 5.91 Å². The second-order valence-electron chi connectivity index (χ2n) is 6.08. The standard InChI is InChI=1S/C18H17FN4O4/c19-14-8-11(23-9-12(27-18(23)26)2-4-16(20)24)1-3-13(14)10-5-6-22-15(7-10)17(21)25/h1,3,5-8,12H,2,4,9H2,(H2,20,24)(H2,21,25). The average Bonchev–Trinajstić information content (AvgIpc) is 3.00. The maximum Gasteiger partial charge on any atom is 0.414 e. The van der Waals surface area contributed by atoms with E-state index in [1.54, 1.807) is 12.1 Å². The van der Waals surface area contributed by atoms with Gasteiger partial charge in [-0.1, -0.05) is 0 Å². The van der Waals surface area contributed by atoms with Crippen molar-refractivity contribution < 1.29 is 23.5 Å². The van der Waals surface area contributed by atoms with Crippen molar-refractivity contribution in [2.24, 2.45) is 11.5 Å². The Hall–Kier alpha value is -3.49. The molecule has 27 heavy (non-hydrogen) atoms. The summed E-state index contributed by atoms with van der Waals surface area (Å²) in [6.07, 6.45) is 0.681. The van der Waals surface area contributed by atoms with Crippen LogP contribution < -0.4 is 16.4 Å². The Morgan fingerprint density at radius 3 is 2.70 bits per heavy atom.